The van der Waals surface area contributed by atoms with Gasteiger partial charge in [-0.25, -0.2) is 9.64 Å². The van der Waals surface area contributed by atoms with Gasteiger partial charge in [-0.05, 0) is 29.7 Å². The van der Waals surface area contributed by atoms with Gasteiger partial charge in [0.15, 0.2) is 5.69 Å². The summed E-state index contributed by atoms with van der Waals surface area (Å²) in [6.45, 7) is 8.58. The second kappa shape index (κ2) is 5.35. The van der Waals surface area contributed by atoms with Crippen LogP contribution in [0.5, 0.6) is 0 Å². The number of azide groups is 1. The molecule has 17 heavy (non-hydrogen) atoms. The van der Waals surface area contributed by atoms with E-state index < -0.39 is 5.97 Å². The number of carboxylic acid groups (broad SMARTS) is 1. The molecule has 1 rings (SSSR count). The van der Waals surface area contributed by atoms with Crippen molar-refractivity contribution in [1.82, 2.24) is 0 Å². The summed E-state index contributed by atoms with van der Waals surface area (Å²) in [6.07, 6.45) is 1.05. The van der Waals surface area contributed by atoms with E-state index in [4.69, 9.17) is 17.2 Å². The van der Waals surface area contributed by atoms with Crippen LogP contribution < -0.4 is 0 Å². The predicted octanol–water partition coefficient (Wildman–Crippen LogP) is 3.67. The smallest absolute Gasteiger partial charge is 0.328 e. The van der Waals surface area contributed by atoms with Crippen molar-refractivity contribution in [3.63, 3.8) is 0 Å². The molecule has 1 aromatic rings. The fourth-order valence-corrected chi connectivity index (χ4v) is 1.26. The van der Waals surface area contributed by atoms with Gasteiger partial charge in [0.25, 0.3) is 0 Å². The topological polar surface area (TPSA) is 90.4 Å². The Hall–Kier alpha value is -2.77. The maximum Gasteiger partial charge on any atom is 0.328 e. The van der Waals surface area contributed by atoms with Crippen LogP contribution in [-0.4, -0.2) is 11.1 Å². The maximum absolute atomic E-state index is 10.5. The van der Waals surface area contributed by atoms with Gasteiger partial charge in [0, 0.05) is 16.7 Å². The van der Waals surface area contributed by atoms with Crippen LogP contribution in [0.3, 0.4) is 0 Å². The number of carboxylic acids is 1. The van der Waals surface area contributed by atoms with Gasteiger partial charge in [-0.3, -0.25) is 0 Å². The van der Waals surface area contributed by atoms with Gasteiger partial charge in [0.2, 0.25) is 0 Å². The monoisotopic (exact) mass is 228 g/mol. The van der Waals surface area contributed by atoms with E-state index in [1.165, 1.54) is 12.1 Å². The highest BCUT2D eigenvalue weighted by molar-refractivity contribution is 5.90. The Balaban J connectivity index is 3.28. The van der Waals surface area contributed by atoms with Gasteiger partial charge in [0.1, 0.15) is 0 Å². The molecular formula is C11H8N4O2. The van der Waals surface area contributed by atoms with Crippen molar-refractivity contribution in [3.05, 3.63) is 51.7 Å². The molecule has 6 heteroatoms. The number of nitrogens with zero attached hydrogens (tertiary/aromatic N) is 4. The first-order chi connectivity index (χ1) is 8.08. The molecule has 0 amide bonds. The zero-order valence-corrected chi connectivity index (χ0v) is 8.95. The fourth-order valence-electron chi connectivity index (χ4n) is 1.26. The summed E-state index contributed by atoms with van der Waals surface area (Å²) in [6, 6.07) is 4.58. The second-order valence-corrected chi connectivity index (χ2v) is 3.17. The summed E-state index contributed by atoms with van der Waals surface area (Å²) < 4.78 is 0. The van der Waals surface area contributed by atoms with Crippen LogP contribution in [0.2, 0.25) is 0 Å². The van der Waals surface area contributed by atoms with Crippen molar-refractivity contribution in [1.29, 1.82) is 0 Å². The Morgan fingerprint density at radius 3 is 2.82 bits per heavy atom. The van der Waals surface area contributed by atoms with Gasteiger partial charge in [-0.2, -0.15) is 0 Å². The minimum Gasteiger partial charge on any atom is -0.478 e. The van der Waals surface area contributed by atoms with Crippen molar-refractivity contribution in [2.75, 3.05) is 0 Å². The molecule has 0 saturated heterocycles. The summed E-state index contributed by atoms with van der Waals surface area (Å²) in [5, 5.41) is 12.0. The SMILES string of the molecule is [C-]#[N+]c1cc(/C(C)=C/C(=O)O)ccc1N=[N+]=[N-]. The average molecular weight is 228 g/mol. The molecule has 0 unspecified atom stereocenters. The summed E-state index contributed by atoms with van der Waals surface area (Å²) in [4.78, 5) is 16.3. The first-order valence-electron chi connectivity index (χ1n) is 4.56. The molecule has 0 aliphatic carbocycles. The minimum absolute atomic E-state index is 0.193. The first kappa shape index (κ1) is 12.3. The van der Waals surface area contributed by atoms with Crippen LogP contribution in [0.4, 0.5) is 11.4 Å². The summed E-state index contributed by atoms with van der Waals surface area (Å²) in [5.41, 5.74) is 9.86. The number of carbonyl (C=O) groups is 1. The molecular weight excluding hydrogens is 220 g/mol. The zero-order valence-electron chi connectivity index (χ0n) is 8.95. The number of hydrogen-bond donors (Lipinski definition) is 1. The van der Waals surface area contributed by atoms with Gasteiger partial charge < -0.3 is 5.11 Å². The number of rotatable bonds is 3. The molecule has 0 saturated carbocycles. The van der Waals surface area contributed by atoms with E-state index in [0.29, 0.717) is 11.1 Å². The van der Waals surface area contributed by atoms with Gasteiger partial charge in [0.05, 0.1) is 6.57 Å². The largest absolute Gasteiger partial charge is 0.478 e. The third kappa shape index (κ3) is 3.09. The Morgan fingerprint density at radius 1 is 1.59 bits per heavy atom. The van der Waals surface area contributed by atoms with Gasteiger partial charge in [-0.1, -0.05) is 17.2 Å². The lowest BCUT2D eigenvalue weighted by Gasteiger charge is -2.03. The standard InChI is InChI=1S/C11H8N4O2/c1-7(5-11(16)17)8-3-4-9(14-15-12)10(6-8)13-2/h3-6H,1H3,(H,16,17)/b7-5+. The molecule has 0 heterocycles. The molecule has 0 aromatic heterocycles. The van der Waals surface area contributed by atoms with Crippen LogP contribution in [0, 0.1) is 6.57 Å². The number of hydrogen-bond acceptors (Lipinski definition) is 2. The third-order valence-electron chi connectivity index (χ3n) is 2.04. The second-order valence-electron chi connectivity index (χ2n) is 3.17. The van der Waals surface area contributed by atoms with E-state index in [1.54, 1.807) is 13.0 Å². The highest BCUT2D eigenvalue weighted by Gasteiger charge is 2.04. The third-order valence-corrected chi connectivity index (χ3v) is 2.04. The lowest BCUT2D eigenvalue weighted by molar-refractivity contribution is -0.131. The van der Waals surface area contributed by atoms with Crippen molar-refractivity contribution in [2.24, 2.45) is 5.11 Å². The first-order valence-corrected chi connectivity index (χ1v) is 4.56. The van der Waals surface area contributed by atoms with Crippen LogP contribution in [0.25, 0.3) is 20.9 Å². The summed E-state index contributed by atoms with van der Waals surface area (Å²) in [7, 11) is 0. The Morgan fingerprint density at radius 2 is 2.29 bits per heavy atom. The summed E-state index contributed by atoms with van der Waals surface area (Å²) >= 11 is 0. The van der Waals surface area contributed by atoms with Crippen molar-refractivity contribution in [2.45, 2.75) is 6.92 Å². The van der Waals surface area contributed by atoms with E-state index in [9.17, 15) is 4.79 Å². The lowest BCUT2D eigenvalue weighted by Crippen LogP contribution is -1.89. The molecule has 1 N–H and O–H groups in total. The van der Waals surface area contributed by atoms with Crippen LogP contribution in [0.1, 0.15) is 12.5 Å². The van der Waals surface area contributed by atoms with Crippen LogP contribution >= 0.6 is 0 Å². The lowest BCUT2D eigenvalue weighted by atomic mass is 10.1. The molecule has 84 valence electrons. The van der Waals surface area contributed by atoms with E-state index >= 15 is 0 Å². The normalized spacial score (nSPS) is 10.2. The molecule has 1 aromatic carbocycles. The van der Waals surface area contributed by atoms with Gasteiger partial charge >= 0.3 is 5.97 Å². The number of allylic oxidation sites excluding steroid dienone is 1. The summed E-state index contributed by atoms with van der Waals surface area (Å²) in [5.74, 6) is -1.05. The van der Waals surface area contributed by atoms with E-state index in [-0.39, 0.29) is 11.4 Å². The van der Waals surface area contributed by atoms with Crippen LogP contribution in [0.15, 0.2) is 29.4 Å². The molecule has 0 fully saturated rings. The van der Waals surface area contributed by atoms with E-state index in [0.717, 1.165) is 6.08 Å². The fraction of sp³-hybridized carbons (Fsp3) is 0.0909. The van der Waals surface area contributed by atoms with Gasteiger partial charge in [-0.15, -0.1) is 0 Å². The highest BCUT2D eigenvalue weighted by atomic mass is 16.4. The predicted molar refractivity (Wildman–Crippen MR) is 62.8 cm³/mol. The molecule has 6 nitrogen and oxygen atoms in total. The van der Waals surface area contributed by atoms with Crippen LogP contribution in [-0.2, 0) is 4.79 Å². The molecule has 0 bridgehead atoms. The van der Waals surface area contributed by atoms with E-state index in [1.807, 2.05) is 0 Å². The Labute approximate surface area is 97.3 Å². The van der Waals surface area contributed by atoms with Crippen molar-refractivity contribution < 1.29 is 9.90 Å². The molecule has 0 radical (unpaired) electrons. The number of benzene rings is 1. The number of aliphatic carboxylic acids is 1. The molecule has 0 aliphatic rings. The Bertz CT molecular complexity index is 578. The molecule has 0 atom stereocenters. The zero-order chi connectivity index (χ0) is 12.8. The van der Waals surface area contributed by atoms with E-state index in [2.05, 4.69) is 14.9 Å². The Kier molecular flexibility index (Phi) is 3.87. The van der Waals surface area contributed by atoms with Crippen molar-refractivity contribution >= 4 is 22.9 Å². The maximum atomic E-state index is 10.5. The molecule has 0 aliphatic heterocycles. The average Bonchev–Trinajstić information content (AvgIpc) is 2.29. The molecule has 0 spiro atoms. The van der Waals surface area contributed by atoms with Crippen molar-refractivity contribution in [3.8, 4) is 0 Å². The minimum atomic E-state index is -1.05. The highest BCUT2D eigenvalue weighted by Crippen LogP contribution is 2.31. The quantitative estimate of drug-likeness (QED) is 0.281.